The van der Waals surface area contributed by atoms with Crippen LogP contribution < -0.4 is 5.32 Å². The van der Waals surface area contributed by atoms with Crippen LogP contribution in [-0.4, -0.2) is 33.6 Å². The third-order valence-electron chi connectivity index (χ3n) is 4.46. The number of ether oxygens (including phenoxy) is 1. The van der Waals surface area contributed by atoms with Gasteiger partial charge >= 0.3 is 5.97 Å². The highest BCUT2D eigenvalue weighted by Crippen LogP contribution is 2.39. The van der Waals surface area contributed by atoms with E-state index in [1.165, 1.54) is 13.4 Å². The predicted molar refractivity (Wildman–Crippen MR) is 85.4 cm³/mol. The van der Waals surface area contributed by atoms with Gasteiger partial charge in [-0.05, 0) is 30.5 Å². The smallest absolute Gasteiger partial charge is 0.337 e. The lowest BCUT2D eigenvalue weighted by molar-refractivity contribution is -0.116. The van der Waals surface area contributed by atoms with Crippen LogP contribution in [0.1, 0.15) is 41.2 Å². The highest BCUT2D eigenvalue weighted by Gasteiger charge is 2.35. The lowest BCUT2D eigenvalue weighted by Crippen LogP contribution is -2.31. The van der Waals surface area contributed by atoms with Crippen molar-refractivity contribution >= 4 is 17.7 Å². The number of fused-ring (bicyclic) bond motifs is 1. The molecule has 24 heavy (non-hydrogen) atoms. The summed E-state index contributed by atoms with van der Waals surface area (Å²) in [6, 6.07) is 6.75. The number of hydrogen-bond donors (Lipinski definition) is 1. The van der Waals surface area contributed by atoms with Crippen molar-refractivity contribution in [2.45, 2.75) is 25.3 Å². The zero-order valence-corrected chi connectivity index (χ0v) is 13.2. The molecule has 0 bridgehead atoms. The van der Waals surface area contributed by atoms with Crippen LogP contribution in [0.15, 0.2) is 41.9 Å². The first-order chi connectivity index (χ1) is 11.7. The maximum absolute atomic E-state index is 12.5. The summed E-state index contributed by atoms with van der Waals surface area (Å²) >= 11 is 0. The second-order valence-electron chi connectivity index (χ2n) is 5.84. The Hall–Kier alpha value is -2.96. The highest BCUT2D eigenvalue weighted by molar-refractivity contribution is 5.99. The minimum Gasteiger partial charge on any atom is -0.465 e. The number of nitrogens with zero attached hydrogens (tertiary/aromatic N) is 3. The Morgan fingerprint density at radius 2 is 2.08 bits per heavy atom. The van der Waals surface area contributed by atoms with Crippen molar-refractivity contribution in [3.05, 3.63) is 53.0 Å². The normalized spacial score (nSPS) is 19.4. The Labute approximate surface area is 138 Å². The van der Waals surface area contributed by atoms with Gasteiger partial charge in [-0.2, -0.15) is 10.1 Å². The molecule has 122 valence electrons. The number of benzene rings is 1. The lowest BCUT2D eigenvalue weighted by atomic mass is 9.85. The number of anilines is 1. The van der Waals surface area contributed by atoms with Gasteiger partial charge in [0.25, 0.3) is 0 Å². The van der Waals surface area contributed by atoms with E-state index >= 15 is 0 Å². The van der Waals surface area contributed by atoms with Crippen molar-refractivity contribution < 1.29 is 14.3 Å². The van der Waals surface area contributed by atoms with Crippen molar-refractivity contribution in [3.8, 4) is 0 Å². The van der Waals surface area contributed by atoms with Gasteiger partial charge in [-0.1, -0.05) is 12.1 Å². The molecule has 0 radical (unpaired) electrons. The first kappa shape index (κ1) is 14.6. The molecule has 2 heterocycles. The van der Waals surface area contributed by atoms with E-state index < -0.39 is 0 Å². The number of rotatable bonds is 2. The predicted octanol–water partition coefficient (Wildman–Crippen LogP) is 2.09. The molecule has 2 aromatic rings. The van der Waals surface area contributed by atoms with Crippen LogP contribution in [0, 0.1) is 0 Å². The molecule has 2 aliphatic rings. The van der Waals surface area contributed by atoms with Crippen LogP contribution in [0.5, 0.6) is 0 Å². The second-order valence-corrected chi connectivity index (χ2v) is 5.84. The molecule has 7 heteroatoms. The number of hydrogen-bond acceptors (Lipinski definition) is 6. The van der Waals surface area contributed by atoms with Crippen LogP contribution in [0.2, 0.25) is 0 Å². The molecule has 1 aliphatic carbocycles. The topological polar surface area (TPSA) is 86.1 Å². The average molecular weight is 324 g/mol. The molecular formula is C17H16N4O3. The van der Waals surface area contributed by atoms with Gasteiger partial charge in [0.2, 0.25) is 5.95 Å². The number of ketones is 1. The first-order valence-corrected chi connectivity index (χ1v) is 7.80. The van der Waals surface area contributed by atoms with E-state index in [2.05, 4.69) is 15.4 Å². The fourth-order valence-corrected chi connectivity index (χ4v) is 3.32. The Morgan fingerprint density at radius 1 is 1.29 bits per heavy atom. The SMILES string of the molecule is COC(=O)c1ccc([C@H]2C3=C(CCCC3=O)Nc3ncnn32)cc1. The number of nitrogens with one attached hydrogen (secondary N) is 1. The van der Waals surface area contributed by atoms with Crippen LogP contribution in [0.4, 0.5) is 5.95 Å². The van der Waals surface area contributed by atoms with Crippen molar-refractivity contribution in [2.24, 2.45) is 0 Å². The summed E-state index contributed by atoms with van der Waals surface area (Å²) in [7, 11) is 1.35. The quantitative estimate of drug-likeness (QED) is 0.851. The minimum absolute atomic E-state index is 0.131. The number of esters is 1. The molecule has 7 nitrogen and oxygen atoms in total. The summed E-state index contributed by atoms with van der Waals surface area (Å²) in [5, 5.41) is 7.50. The Balaban J connectivity index is 1.81. The maximum atomic E-state index is 12.5. The summed E-state index contributed by atoms with van der Waals surface area (Å²) < 4.78 is 6.45. The van der Waals surface area contributed by atoms with Crippen LogP contribution in [0.25, 0.3) is 0 Å². The summed E-state index contributed by atoms with van der Waals surface area (Å²) in [5.74, 6) is 0.374. The molecule has 0 spiro atoms. The summed E-state index contributed by atoms with van der Waals surface area (Å²) in [5.41, 5.74) is 3.02. The van der Waals surface area contributed by atoms with E-state index in [9.17, 15) is 9.59 Å². The molecule has 1 aromatic heterocycles. The van der Waals surface area contributed by atoms with Gasteiger partial charge in [0.05, 0.1) is 12.7 Å². The van der Waals surface area contributed by atoms with Gasteiger partial charge < -0.3 is 10.1 Å². The Bertz CT molecular complexity index is 851. The average Bonchev–Trinajstić information content (AvgIpc) is 3.08. The number of carbonyl (C=O) groups excluding carboxylic acids is 2. The monoisotopic (exact) mass is 324 g/mol. The van der Waals surface area contributed by atoms with E-state index in [1.807, 2.05) is 12.1 Å². The molecule has 4 rings (SSSR count). The highest BCUT2D eigenvalue weighted by atomic mass is 16.5. The van der Waals surface area contributed by atoms with Crippen LogP contribution in [-0.2, 0) is 9.53 Å². The van der Waals surface area contributed by atoms with E-state index in [1.54, 1.807) is 16.8 Å². The number of Topliss-reactive ketones (excluding diaryl/α,β-unsaturated/α-hetero) is 1. The Kier molecular flexibility index (Phi) is 3.41. The molecule has 0 fully saturated rings. The molecule has 1 N–H and O–H groups in total. The number of carbonyl (C=O) groups is 2. The van der Waals surface area contributed by atoms with E-state index in [0.29, 0.717) is 17.9 Å². The van der Waals surface area contributed by atoms with E-state index in [4.69, 9.17) is 4.74 Å². The van der Waals surface area contributed by atoms with Gasteiger partial charge in [0.15, 0.2) is 5.78 Å². The summed E-state index contributed by atoms with van der Waals surface area (Å²) in [6.45, 7) is 0. The molecule has 0 saturated carbocycles. The lowest BCUT2D eigenvalue weighted by Gasteiger charge is -2.32. The molecule has 0 unspecified atom stereocenters. The Morgan fingerprint density at radius 3 is 2.83 bits per heavy atom. The van der Waals surface area contributed by atoms with Gasteiger partial charge in [0.1, 0.15) is 12.4 Å². The molecule has 0 amide bonds. The van der Waals surface area contributed by atoms with Gasteiger partial charge in [-0.3, -0.25) is 4.79 Å². The molecular weight excluding hydrogens is 308 g/mol. The van der Waals surface area contributed by atoms with Gasteiger partial charge in [0, 0.05) is 17.7 Å². The van der Waals surface area contributed by atoms with Gasteiger partial charge in [-0.25, -0.2) is 9.48 Å². The fourth-order valence-electron chi connectivity index (χ4n) is 3.32. The standard InChI is InChI=1S/C17H16N4O3/c1-24-16(23)11-7-5-10(6-8-11)15-14-12(3-2-4-13(14)22)20-17-18-9-19-21(15)17/h5-9,15H,2-4H2,1H3,(H,18,19,20)/t15-/m0/s1. The molecule has 1 aromatic carbocycles. The first-order valence-electron chi connectivity index (χ1n) is 7.80. The van der Waals surface area contributed by atoms with Crippen LogP contribution in [0.3, 0.4) is 0 Å². The summed E-state index contributed by atoms with van der Waals surface area (Å²) in [4.78, 5) is 28.4. The fraction of sp³-hybridized carbons (Fsp3) is 0.294. The van der Waals surface area contributed by atoms with Crippen molar-refractivity contribution in [1.82, 2.24) is 14.8 Å². The van der Waals surface area contributed by atoms with Crippen molar-refractivity contribution in [2.75, 3.05) is 12.4 Å². The number of aromatic nitrogens is 3. The van der Waals surface area contributed by atoms with Gasteiger partial charge in [-0.15, -0.1) is 0 Å². The van der Waals surface area contributed by atoms with E-state index in [-0.39, 0.29) is 17.8 Å². The summed E-state index contributed by atoms with van der Waals surface area (Å²) in [6.07, 6.45) is 3.68. The second kappa shape index (κ2) is 5.59. The minimum atomic E-state index is -0.387. The van der Waals surface area contributed by atoms with Crippen molar-refractivity contribution in [1.29, 1.82) is 0 Å². The third kappa shape index (κ3) is 2.20. The molecule has 1 aliphatic heterocycles. The van der Waals surface area contributed by atoms with E-state index in [0.717, 1.165) is 29.7 Å². The van der Waals surface area contributed by atoms with Crippen LogP contribution >= 0.6 is 0 Å². The third-order valence-corrected chi connectivity index (χ3v) is 4.46. The zero-order chi connectivity index (χ0) is 16.7. The molecule has 0 saturated heterocycles. The largest absolute Gasteiger partial charge is 0.465 e. The number of methoxy groups -OCH3 is 1. The van der Waals surface area contributed by atoms with Crippen molar-refractivity contribution in [3.63, 3.8) is 0 Å². The maximum Gasteiger partial charge on any atom is 0.337 e. The number of allylic oxidation sites excluding steroid dienone is 2. The zero-order valence-electron chi connectivity index (χ0n) is 13.2. The molecule has 1 atom stereocenters.